The van der Waals surface area contributed by atoms with E-state index in [-0.39, 0.29) is 5.82 Å². The van der Waals surface area contributed by atoms with Crippen LogP contribution in [0.25, 0.3) is 11.1 Å². The van der Waals surface area contributed by atoms with Crippen molar-refractivity contribution in [1.82, 2.24) is 4.98 Å². The fraction of sp³-hybridized carbons (Fsp3) is 0.100. The molecule has 0 fully saturated rings. The molecule has 0 bridgehead atoms. The van der Waals surface area contributed by atoms with Crippen molar-refractivity contribution >= 4 is 11.3 Å². The second kappa shape index (κ2) is 3.86. The van der Waals surface area contributed by atoms with Crippen molar-refractivity contribution in [3.05, 3.63) is 40.6 Å². The summed E-state index contributed by atoms with van der Waals surface area (Å²) in [6, 6.07) is 3.57. The summed E-state index contributed by atoms with van der Waals surface area (Å²) in [6.07, 6.45) is 2.80. The normalized spacial score (nSPS) is 10.4. The number of hydrogen-bond acceptors (Lipinski definition) is 3. The number of aromatic nitrogens is 1. The van der Waals surface area contributed by atoms with E-state index in [0.29, 0.717) is 12.1 Å². The molecule has 0 aliphatic heterocycles. The third kappa shape index (κ3) is 1.66. The summed E-state index contributed by atoms with van der Waals surface area (Å²) in [7, 11) is 0. The maximum absolute atomic E-state index is 13.3. The average molecular weight is 208 g/mol. The fourth-order valence-electron chi connectivity index (χ4n) is 1.24. The summed E-state index contributed by atoms with van der Waals surface area (Å²) in [5, 5.41) is 1.90. The smallest absolute Gasteiger partial charge is 0.149 e. The first-order chi connectivity index (χ1) is 6.81. The lowest BCUT2D eigenvalue weighted by molar-refractivity contribution is 0.625. The Kier molecular flexibility index (Phi) is 2.56. The van der Waals surface area contributed by atoms with Crippen molar-refractivity contribution < 1.29 is 4.39 Å². The van der Waals surface area contributed by atoms with Crippen molar-refractivity contribution in [3.63, 3.8) is 0 Å². The van der Waals surface area contributed by atoms with Gasteiger partial charge in [0.1, 0.15) is 5.82 Å². The van der Waals surface area contributed by atoms with Gasteiger partial charge in [-0.1, -0.05) is 0 Å². The Morgan fingerprint density at radius 1 is 1.50 bits per heavy atom. The highest BCUT2D eigenvalue weighted by atomic mass is 32.1. The summed E-state index contributed by atoms with van der Waals surface area (Å²) in [5.74, 6) is -0.297. The minimum atomic E-state index is -0.297. The van der Waals surface area contributed by atoms with Crippen LogP contribution in [0.1, 0.15) is 4.88 Å². The SMILES string of the molecule is NCc1cc(-c2ccncc2F)cs1. The minimum absolute atomic E-state index is 0.297. The lowest BCUT2D eigenvalue weighted by Crippen LogP contribution is -1.91. The second-order valence-corrected chi connectivity index (χ2v) is 3.86. The molecule has 14 heavy (non-hydrogen) atoms. The Hall–Kier alpha value is -1.26. The largest absolute Gasteiger partial charge is 0.326 e. The zero-order chi connectivity index (χ0) is 9.97. The van der Waals surface area contributed by atoms with Gasteiger partial charge in [0, 0.05) is 23.2 Å². The van der Waals surface area contributed by atoms with Crippen LogP contribution in [0.4, 0.5) is 4.39 Å². The topological polar surface area (TPSA) is 38.9 Å². The molecule has 2 aromatic rings. The Morgan fingerprint density at radius 3 is 3.00 bits per heavy atom. The molecule has 2 rings (SSSR count). The molecule has 0 saturated carbocycles. The Balaban J connectivity index is 2.44. The first-order valence-electron chi connectivity index (χ1n) is 4.18. The molecule has 4 heteroatoms. The molecule has 0 radical (unpaired) electrons. The van der Waals surface area contributed by atoms with Crippen molar-refractivity contribution in [2.75, 3.05) is 0 Å². The van der Waals surface area contributed by atoms with E-state index < -0.39 is 0 Å². The van der Waals surface area contributed by atoms with Gasteiger partial charge in [-0.15, -0.1) is 11.3 Å². The third-order valence-corrected chi connectivity index (χ3v) is 2.90. The van der Waals surface area contributed by atoms with Gasteiger partial charge in [-0.25, -0.2) is 4.39 Å². The van der Waals surface area contributed by atoms with Crippen LogP contribution in [-0.2, 0) is 6.54 Å². The summed E-state index contributed by atoms with van der Waals surface area (Å²) < 4.78 is 13.3. The average Bonchev–Trinajstić information content (AvgIpc) is 2.67. The van der Waals surface area contributed by atoms with Crippen LogP contribution >= 0.6 is 11.3 Å². The minimum Gasteiger partial charge on any atom is -0.326 e. The quantitative estimate of drug-likeness (QED) is 0.823. The maximum atomic E-state index is 13.3. The van der Waals surface area contributed by atoms with Gasteiger partial charge in [0.25, 0.3) is 0 Å². The van der Waals surface area contributed by atoms with E-state index in [9.17, 15) is 4.39 Å². The number of nitrogens with two attached hydrogens (primary N) is 1. The summed E-state index contributed by atoms with van der Waals surface area (Å²) >= 11 is 1.54. The highest BCUT2D eigenvalue weighted by Crippen LogP contribution is 2.26. The molecule has 0 spiro atoms. The molecule has 72 valence electrons. The number of hydrogen-bond donors (Lipinski definition) is 1. The molecule has 2 heterocycles. The molecule has 0 amide bonds. The molecule has 0 aromatic carbocycles. The third-order valence-electron chi connectivity index (χ3n) is 1.94. The summed E-state index contributed by atoms with van der Waals surface area (Å²) in [5.41, 5.74) is 6.93. The molecule has 2 aromatic heterocycles. The summed E-state index contributed by atoms with van der Waals surface area (Å²) in [4.78, 5) is 4.75. The van der Waals surface area contributed by atoms with E-state index >= 15 is 0 Å². The molecule has 2 nitrogen and oxygen atoms in total. The fourth-order valence-corrected chi connectivity index (χ4v) is 2.00. The van der Waals surface area contributed by atoms with Crippen LogP contribution in [-0.4, -0.2) is 4.98 Å². The van der Waals surface area contributed by atoms with E-state index in [1.54, 1.807) is 23.6 Å². The van der Waals surface area contributed by atoms with E-state index in [0.717, 1.165) is 10.4 Å². The summed E-state index contributed by atoms with van der Waals surface area (Å²) in [6.45, 7) is 0.497. The van der Waals surface area contributed by atoms with Gasteiger partial charge in [0.15, 0.2) is 0 Å². The zero-order valence-electron chi connectivity index (χ0n) is 7.40. The van der Waals surface area contributed by atoms with Crippen molar-refractivity contribution in [2.24, 2.45) is 5.73 Å². The lowest BCUT2D eigenvalue weighted by atomic mass is 10.1. The lowest BCUT2D eigenvalue weighted by Gasteiger charge is -1.97. The predicted octanol–water partition coefficient (Wildman–Crippen LogP) is 2.41. The van der Waals surface area contributed by atoms with Crippen LogP contribution in [0.2, 0.25) is 0 Å². The molecule has 0 aliphatic rings. The number of thiophene rings is 1. The first kappa shape index (κ1) is 9.30. The van der Waals surface area contributed by atoms with E-state index in [1.165, 1.54) is 6.20 Å². The number of nitrogens with zero attached hydrogens (tertiary/aromatic N) is 1. The van der Waals surface area contributed by atoms with Crippen LogP contribution < -0.4 is 5.73 Å². The molecule has 0 aliphatic carbocycles. The van der Waals surface area contributed by atoms with E-state index in [4.69, 9.17) is 5.73 Å². The second-order valence-electron chi connectivity index (χ2n) is 2.86. The van der Waals surface area contributed by atoms with Gasteiger partial charge in [-0.2, -0.15) is 0 Å². The predicted molar refractivity (Wildman–Crippen MR) is 55.4 cm³/mol. The molecule has 0 unspecified atom stereocenters. The van der Waals surface area contributed by atoms with Gasteiger partial charge >= 0.3 is 0 Å². The standard InChI is InChI=1S/C10H9FN2S/c11-10-5-13-2-1-9(10)7-3-8(4-12)14-6-7/h1-3,5-6H,4,12H2. The van der Waals surface area contributed by atoms with Gasteiger partial charge in [0.05, 0.1) is 6.20 Å². The molecule has 0 atom stereocenters. The van der Waals surface area contributed by atoms with Crippen LogP contribution in [0, 0.1) is 5.82 Å². The Bertz CT molecular complexity index is 439. The number of rotatable bonds is 2. The van der Waals surface area contributed by atoms with Crippen LogP contribution in [0.3, 0.4) is 0 Å². The van der Waals surface area contributed by atoms with Crippen LogP contribution in [0.5, 0.6) is 0 Å². The number of halogens is 1. The van der Waals surface area contributed by atoms with E-state index in [2.05, 4.69) is 4.98 Å². The van der Waals surface area contributed by atoms with Crippen molar-refractivity contribution in [3.8, 4) is 11.1 Å². The van der Waals surface area contributed by atoms with Gasteiger partial charge in [0.2, 0.25) is 0 Å². The highest BCUT2D eigenvalue weighted by Gasteiger charge is 2.06. The van der Waals surface area contributed by atoms with Gasteiger partial charge in [-0.3, -0.25) is 4.98 Å². The van der Waals surface area contributed by atoms with Gasteiger partial charge < -0.3 is 5.73 Å². The zero-order valence-corrected chi connectivity index (χ0v) is 8.22. The monoisotopic (exact) mass is 208 g/mol. The molecule has 0 saturated heterocycles. The Labute approximate surface area is 85.2 Å². The molecular formula is C10H9FN2S. The molecule has 2 N–H and O–H groups in total. The first-order valence-corrected chi connectivity index (χ1v) is 5.06. The highest BCUT2D eigenvalue weighted by molar-refractivity contribution is 7.10. The van der Waals surface area contributed by atoms with Crippen LogP contribution in [0.15, 0.2) is 29.9 Å². The van der Waals surface area contributed by atoms with Crippen molar-refractivity contribution in [2.45, 2.75) is 6.54 Å². The number of pyridine rings is 1. The van der Waals surface area contributed by atoms with E-state index in [1.807, 2.05) is 11.4 Å². The molecular weight excluding hydrogens is 199 g/mol. The maximum Gasteiger partial charge on any atom is 0.149 e. The van der Waals surface area contributed by atoms with Gasteiger partial charge in [-0.05, 0) is 23.1 Å². The van der Waals surface area contributed by atoms with Crippen molar-refractivity contribution in [1.29, 1.82) is 0 Å². The Morgan fingerprint density at radius 2 is 2.36 bits per heavy atom.